The molecule has 1 amide bonds. The van der Waals surface area contributed by atoms with Gasteiger partial charge in [0.15, 0.2) is 0 Å². The van der Waals surface area contributed by atoms with Crippen molar-refractivity contribution < 1.29 is 18.0 Å². The normalized spacial score (nSPS) is 12.7. The van der Waals surface area contributed by atoms with Crippen molar-refractivity contribution in [1.29, 1.82) is 0 Å². The quantitative estimate of drug-likeness (QED) is 0.876. The molecular formula is C18H19F3N2O. The van der Waals surface area contributed by atoms with Crippen LogP contribution in [-0.4, -0.2) is 19.0 Å². The van der Waals surface area contributed by atoms with E-state index in [1.807, 2.05) is 30.3 Å². The fourth-order valence-electron chi connectivity index (χ4n) is 2.29. The van der Waals surface area contributed by atoms with Crippen LogP contribution in [0.2, 0.25) is 0 Å². The van der Waals surface area contributed by atoms with Gasteiger partial charge in [0.05, 0.1) is 11.6 Å². The van der Waals surface area contributed by atoms with Crippen LogP contribution in [0.5, 0.6) is 0 Å². The molecule has 0 heterocycles. The molecule has 0 radical (unpaired) electrons. The van der Waals surface area contributed by atoms with Crippen molar-refractivity contribution in [3.8, 4) is 11.1 Å². The highest BCUT2D eigenvalue weighted by Gasteiger charge is 2.33. The molecule has 0 aliphatic carbocycles. The van der Waals surface area contributed by atoms with Crippen LogP contribution < -0.4 is 10.6 Å². The lowest BCUT2D eigenvalue weighted by Crippen LogP contribution is -2.40. The number of hydrogen-bond acceptors (Lipinski definition) is 2. The molecule has 1 unspecified atom stereocenters. The Morgan fingerprint density at radius 1 is 1.08 bits per heavy atom. The summed E-state index contributed by atoms with van der Waals surface area (Å²) in [5.74, 6) is -0.351. The van der Waals surface area contributed by atoms with E-state index in [4.69, 9.17) is 0 Å². The van der Waals surface area contributed by atoms with Gasteiger partial charge in [-0.1, -0.05) is 36.4 Å². The highest BCUT2D eigenvalue weighted by molar-refractivity contribution is 5.81. The Morgan fingerprint density at radius 2 is 1.75 bits per heavy atom. The van der Waals surface area contributed by atoms with Crippen molar-refractivity contribution in [2.75, 3.05) is 7.05 Å². The van der Waals surface area contributed by atoms with Crippen LogP contribution in [0.15, 0.2) is 48.5 Å². The average Bonchev–Trinajstić information content (AvgIpc) is 2.58. The number of likely N-dealkylation sites (N-methyl/N-ethyl adjacent to an activating group) is 1. The number of carbonyl (C=O) groups is 1. The molecule has 0 aliphatic heterocycles. The molecule has 0 saturated carbocycles. The van der Waals surface area contributed by atoms with Crippen molar-refractivity contribution in [3.63, 3.8) is 0 Å². The van der Waals surface area contributed by atoms with E-state index in [-0.39, 0.29) is 18.0 Å². The van der Waals surface area contributed by atoms with Crippen LogP contribution in [0.4, 0.5) is 13.2 Å². The third-order valence-electron chi connectivity index (χ3n) is 3.80. The Bertz CT molecular complexity index is 699. The van der Waals surface area contributed by atoms with Crippen LogP contribution in [0.1, 0.15) is 18.1 Å². The Hall–Kier alpha value is -2.34. The largest absolute Gasteiger partial charge is 0.416 e. The van der Waals surface area contributed by atoms with E-state index in [9.17, 15) is 18.0 Å². The average molecular weight is 336 g/mol. The summed E-state index contributed by atoms with van der Waals surface area (Å²) in [6, 6.07) is 12.6. The Labute approximate surface area is 138 Å². The maximum Gasteiger partial charge on any atom is 0.416 e. The van der Waals surface area contributed by atoms with Gasteiger partial charge in [0.25, 0.3) is 0 Å². The van der Waals surface area contributed by atoms with Gasteiger partial charge in [0.1, 0.15) is 0 Å². The smallest absolute Gasteiger partial charge is 0.351 e. The van der Waals surface area contributed by atoms with Crippen molar-refractivity contribution in [1.82, 2.24) is 10.6 Å². The predicted molar refractivity (Wildman–Crippen MR) is 87.2 cm³/mol. The highest BCUT2D eigenvalue weighted by atomic mass is 19.4. The van der Waals surface area contributed by atoms with Crippen molar-refractivity contribution in [3.05, 3.63) is 59.7 Å². The minimum Gasteiger partial charge on any atom is -0.351 e. The number of alkyl halides is 3. The molecule has 0 spiro atoms. The van der Waals surface area contributed by atoms with Gasteiger partial charge >= 0.3 is 6.18 Å². The van der Waals surface area contributed by atoms with Crippen LogP contribution in [0, 0.1) is 0 Å². The molecular weight excluding hydrogens is 317 g/mol. The summed E-state index contributed by atoms with van der Waals surface area (Å²) in [5.41, 5.74) is 0.803. The second-order valence-electron chi connectivity index (χ2n) is 5.46. The second-order valence-corrected chi connectivity index (χ2v) is 5.46. The Balaban J connectivity index is 2.33. The lowest BCUT2D eigenvalue weighted by molar-refractivity contribution is -0.138. The molecule has 2 rings (SSSR count). The maximum absolute atomic E-state index is 13.2. The van der Waals surface area contributed by atoms with Gasteiger partial charge in [-0.2, -0.15) is 13.2 Å². The SMILES string of the molecule is CNC(C)C(=O)NCc1cc(-c2ccccc2)ccc1C(F)(F)F. The van der Waals surface area contributed by atoms with Gasteiger partial charge in [-0.25, -0.2) is 0 Å². The lowest BCUT2D eigenvalue weighted by Gasteiger charge is -2.16. The molecule has 0 aromatic heterocycles. The number of amides is 1. The minimum absolute atomic E-state index is 0.0421. The zero-order valence-electron chi connectivity index (χ0n) is 13.4. The van der Waals surface area contributed by atoms with Gasteiger partial charge in [0, 0.05) is 6.54 Å². The molecule has 0 saturated heterocycles. The van der Waals surface area contributed by atoms with E-state index in [1.54, 1.807) is 14.0 Å². The van der Waals surface area contributed by atoms with Gasteiger partial charge in [0.2, 0.25) is 5.91 Å². The molecule has 2 N–H and O–H groups in total. The number of benzene rings is 2. The van der Waals surface area contributed by atoms with Crippen molar-refractivity contribution in [2.24, 2.45) is 0 Å². The van der Waals surface area contributed by atoms with E-state index in [0.29, 0.717) is 5.56 Å². The molecule has 128 valence electrons. The maximum atomic E-state index is 13.2. The molecule has 0 aliphatic rings. The summed E-state index contributed by atoms with van der Waals surface area (Å²) in [4.78, 5) is 11.8. The molecule has 2 aromatic carbocycles. The van der Waals surface area contributed by atoms with E-state index in [0.717, 1.165) is 11.6 Å². The molecule has 0 fully saturated rings. The third kappa shape index (κ3) is 4.35. The lowest BCUT2D eigenvalue weighted by atomic mass is 9.98. The highest BCUT2D eigenvalue weighted by Crippen LogP contribution is 2.34. The first kappa shape index (κ1) is 18.0. The van der Waals surface area contributed by atoms with E-state index in [1.165, 1.54) is 12.1 Å². The topological polar surface area (TPSA) is 41.1 Å². The summed E-state index contributed by atoms with van der Waals surface area (Å²) >= 11 is 0. The van der Waals surface area contributed by atoms with E-state index < -0.39 is 17.8 Å². The minimum atomic E-state index is -4.47. The molecule has 2 aromatic rings. The van der Waals surface area contributed by atoms with Gasteiger partial charge in [-0.05, 0) is 42.8 Å². The number of rotatable bonds is 5. The van der Waals surface area contributed by atoms with Crippen molar-refractivity contribution in [2.45, 2.75) is 25.7 Å². The van der Waals surface area contributed by atoms with Crippen LogP contribution in [0.25, 0.3) is 11.1 Å². The molecule has 1 atom stereocenters. The van der Waals surface area contributed by atoms with Gasteiger partial charge in [-0.3, -0.25) is 4.79 Å². The fraction of sp³-hybridized carbons (Fsp3) is 0.278. The van der Waals surface area contributed by atoms with E-state index >= 15 is 0 Å². The molecule has 24 heavy (non-hydrogen) atoms. The van der Waals surface area contributed by atoms with Crippen molar-refractivity contribution >= 4 is 5.91 Å². The summed E-state index contributed by atoms with van der Waals surface area (Å²) in [6.07, 6.45) is -4.47. The van der Waals surface area contributed by atoms with Crippen LogP contribution in [-0.2, 0) is 17.5 Å². The predicted octanol–water partition coefficient (Wildman–Crippen LogP) is 3.60. The third-order valence-corrected chi connectivity index (χ3v) is 3.80. The van der Waals surface area contributed by atoms with Gasteiger partial charge < -0.3 is 10.6 Å². The number of carbonyl (C=O) groups excluding carboxylic acids is 1. The summed E-state index contributed by atoms with van der Waals surface area (Å²) in [6.45, 7) is 1.46. The number of hydrogen-bond donors (Lipinski definition) is 2. The monoisotopic (exact) mass is 336 g/mol. The first-order chi connectivity index (χ1) is 11.3. The summed E-state index contributed by atoms with van der Waals surface area (Å²) in [7, 11) is 1.61. The molecule has 6 heteroatoms. The first-order valence-electron chi connectivity index (χ1n) is 7.53. The summed E-state index contributed by atoms with van der Waals surface area (Å²) in [5, 5.41) is 5.29. The fourth-order valence-corrected chi connectivity index (χ4v) is 2.29. The zero-order valence-corrected chi connectivity index (χ0v) is 13.4. The number of halogens is 3. The molecule has 3 nitrogen and oxygen atoms in total. The van der Waals surface area contributed by atoms with Crippen LogP contribution >= 0.6 is 0 Å². The zero-order chi connectivity index (χ0) is 17.7. The van der Waals surface area contributed by atoms with Gasteiger partial charge in [-0.15, -0.1) is 0 Å². The van der Waals surface area contributed by atoms with Crippen LogP contribution in [0.3, 0.4) is 0 Å². The van der Waals surface area contributed by atoms with E-state index in [2.05, 4.69) is 10.6 Å². The summed E-state index contributed by atoms with van der Waals surface area (Å²) < 4.78 is 39.6. The molecule has 0 bridgehead atoms. The second kappa shape index (κ2) is 7.49. The number of nitrogens with one attached hydrogen (secondary N) is 2. The Morgan fingerprint density at radius 3 is 2.33 bits per heavy atom. The first-order valence-corrected chi connectivity index (χ1v) is 7.53. The Kier molecular flexibility index (Phi) is 5.62. The standard InChI is InChI=1S/C18H19F3N2O/c1-12(22-2)17(24)23-11-15-10-14(13-6-4-3-5-7-13)8-9-16(15)18(19,20)21/h3-10,12,22H,11H2,1-2H3,(H,23,24).